The lowest BCUT2D eigenvalue weighted by atomic mass is 10.1. The van der Waals surface area contributed by atoms with E-state index in [4.69, 9.17) is 23.2 Å². The van der Waals surface area contributed by atoms with Crippen molar-refractivity contribution in [3.05, 3.63) is 69.2 Å². The first-order valence-electron chi connectivity index (χ1n) is 8.18. The van der Waals surface area contributed by atoms with Gasteiger partial charge in [-0.25, -0.2) is 0 Å². The van der Waals surface area contributed by atoms with Crippen LogP contribution in [0.15, 0.2) is 42.5 Å². The molecule has 0 N–H and O–H groups in total. The van der Waals surface area contributed by atoms with Gasteiger partial charge in [-0.15, -0.1) is 0 Å². The minimum atomic E-state index is -0.391. The van der Waals surface area contributed by atoms with Gasteiger partial charge in [0.2, 0.25) is 0 Å². The first-order chi connectivity index (χ1) is 12.5. The summed E-state index contributed by atoms with van der Waals surface area (Å²) in [6.07, 6.45) is 0.537. The molecule has 2 aromatic carbocycles. The third-order valence-corrected chi connectivity index (χ3v) is 5.33. The van der Waals surface area contributed by atoms with Gasteiger partial charge in [0.25, 0.3) is 17.7 Å². The quantitative estimate of drug-likeness (QED) is 0.739. The summed E-state index contributed by atoms with van der Waals surface area (Å²) in [7, 11) is 0. The van der Waals surface area contributed by atoms with E-state index in [1.807, 2.05) is 0 Å². The number of carbonyl (C=O) groups is 3. The van der Waals surface area contributed by atoms with Crippen LogP contribution in [0.2, 0.25) is 10.0 Å². The summed E-state index contributed by atoms with van der Waals surface area (Å²) in [5.41, 5.74) is 1.06. The highest BCUT2D eigenvalue weighted by atomic mass is 35.5. The predicted molar refractivity (Wildman–Crippen MR) is 97.7 cm³/mol. The third-order valence-electron chi connectivity index (χ3n) is 4.78. The van der Waals surface area contributed by atoms with Crippen LogP contribution >= 0.6 is 23.2 Å². The highest BCUT2D eigenvalue weighted by Gasteiger charge is 2.44. The SMILES string of the molecule is O=C(c1cccc(Cl)c1)N1CCC(N2C(=O)c3cccc(Cl)c3C2=O)C1. The van der Waals surface area contributed by atoms with Gasteiger partial charge in [0.05, 0.1) is 22.2 Å². The van der Waals surface area contributed by atoms with Gasteiger partial charge in [0.15, 0.2) is 0 Å². The minimum absolute atomic E-state index is 0.162. The number of halogens is 2. The first-order valence-corrected chi connectivity index (χ1v) is 8.94. The van der Waals surface area contributed by atoms with Crippen molar-refractivity contribution < 1.29 is 14.4 Å². The van der Waals surface area contributed by atoms with Crippen molar-refractivity contribution in [1.82, 2.24) is 9.80 Å². The Labute approximate surface area is 160 Å². The molecular formula is C19H14Cl2N2O3. The van der Waals surface area contributed by atoms with Gasteiger partial charge in [-0.05, 0) is 36.8 Å². The fraction of sp³-hybridized carbons (Fsp3) is 0.211. The van der Waals surface area contributed by atoms with E-state index in [9.17, 15) is 14.4 Å². The number of nitrogens with zero attached hydrogens (tertiary/aromatic N) is 2. The van der Waals surface area contributed by atoms with Crippen molar-refractivity contribution in [2.45, 2.75) is 12.5 Å². The summed E-state index contributed by atoms with van der Waals surface area (Å²) < 4.78 is 0. The Morgan fingerprint density at radius 3 is 2.54 bits per heavy atom. The Balaban J connectivity index is 1.55. The molecule has 1 unspecified atom stereocenters. The molecule has 3 amide bonds. The van der Waals surface area contributed by atoms with E-state index >= 15 is 0 Å². The number of hydrogen-bond donors (Lipinski definition) is 0. The molecule has 2 aliphatic heterocycles. The molecule has 2 aromatic rings. The number of hydrogen-bond acceptors (Lipinski definition) is 3. The van der Waals surface area contributed by atoms with Crippen LogP contribution in [-0.2, 0) is 0 Å². The Morgan fingerprint density at radius 1 is 1.04 bits per heavy atom. The standard InChI is InChI=1S/C19H14Cl2N2O3/c20-12-4-1-3-11(9-12)17(24)22-8-7-13(10-22)23-18(25)14-5-2-6-15(21)16(14)19(23)26/h1-6,9,13H,7-8,10H2. The van der Waals surface area contributed by atoms with Gasteiger partial charge in [0.1, 0.15) is 0 Å². The highest BCUT2D eigenvalue weighted by Crippen LogP contribution is 2.32. The summed E-state index contributed by atoms with van der Waals surface area (Å²) in [6.45, 7) is 0.769. The zero-order valence-corrected chi connectivity index (χ0v) is 15.1. The van der Waals surface area contributed by atoms with Crippen LogP contribution in [0.4, 0.5) is 0 Å². The van der Waals surface area contributed by atoms with Crippen LogP contribution in [-0.4, -0.2) is 46.7 Å². The second-order valence-electron chi connectivity index (χ2n) is 6.35. The van der Waals surface area contributed by atoms with Crippen LogP contribution in [0.1, 0.15) is 37.5 Å². The maximum Gasteiger partial charge on any atom is 0.263 e. The first kappa shape index (κ1) is 17.1. The van der Waals surface area contributed by atoms with E-state index in [-0.39, 0.29) is 28.4 Å². The molecule has 5 nitrogen and oxygen atoms in total. The Hall–Kier alpha value is -2.37. The molecule has 0 aliphatic carbocycles. The van der Waals surface area contributed by atoms with Crippen molar-refractivity contribution >= 4 is 40.9 Å². The summed E-state index contributed by atoms with van der Waals surface area (Å²) in [5.74, 6) is -0.906. The van der Waals surface area contributed by atoms with Gasteiger partial charge in [-0.2, -0.15) is 0 Å². The fourth-order valence-corrected chi connectivity index (χ4v) is 3.98. The van der Waals surface area contributed by atoms with Crippen LogP contribution in [0.5, 0.6) is 0 Å². The predicted octanol–water partition coefficient (Wildman–Crippen LogP) is 3.50. The molecule has 0 radical (unpaired) electrons. The van der Waals surface area contributed by atoms with E-state index in [0.717, 1.165) is 0 Å². The van der Waals surface area contributed by atoms with Crippen molar-refractivity contribution in [2.24, 2.45) is 0 Å². The lowest BCUT2D eigenvalue weighted by Crippen LogP contribution is -2.42. The second kappa shape index (κ2) is 6.41. The highest BCUT2D eigenvalue weighted by molar-refractivity contribution is 6.37. The van der Waals surface area contributed by atoms with Crippen molar-refractivity contribution in [1.29, 1.82) is 0 Å². The van der Waals surface area contributed by atoms with Gasteiger partial charge < -0.3 is 4.90 Å². The molecule has 2 aliphatic rings. The van der Waals surface area contributed by atoms with E-state index in [2.05, 4.69) is 0 Å². The molecule has 2 heterocycles. The second-order valence-corrected chi connectivity index (χ2v) is 7.19. The molecule has 26 heavy (non-hydrogen) atoms. The molecule has 1 fully saturated rings. The lowest BCUT2D eigenvalue weighted by molar-refractivity contribution is 0.0575. The number of likely N-dealkylation sites (tertiary alicyclic amines) is 1. The molecule has 132 valence electrons. The molecular weight excluding hydrogens is 375 g/mol. The molecule has 7 heteroatoms. The lowest BCUT2D eigenvalue weighted by Gasteiger charge is -2.22. The summed E-state index contributed by atoms with van der Waals surface area (Å²) >= 11 is 12.1. The zero-order valence-electron chi connectivity index (χ0n) is 13.6. The maximum atomic E-state index is 12.7. The average molecular weight is 389 g/mol. The molecule has 1 saturated heterocycles. The van der Waals surface area contributed by atoms with Crippen LogP contribution in [0.25, 0.3) is 0 Å². The zero-order chi connectivity index (χ0) is 18.4. The molecule has 0 spiro atoms. The molecule has 1 atom stereocenters. The smallest absolute Gasteiger partial charge is 0.263 e. The Bertz CT molecular complexity index is 944. The van der Waals surface area contributed by atoms with Gasteiger partial charge in [-0.1, -0.05) is 35.3 Å². The van der Waals surface area contributed by atoms with E-state index in [1.54, 1.807) is 47.4 Å². The number of carbonyl (C=O) groups excluding carboxylic acids is 3. The van der Waals surface area contributed by atoms with Crippen molar-refractivity contribution in [3.63, 3.8) is 0 Å². The van der Waals surface area contributed by atoms with E-state index in [1.165, 1.54) is 4.90 Å². The monoisotopic (exact) mass is 388 g/mol. The normalized spacial score (nSPS) is 19.2. The number of fused-ring (bicyclic) bond motifs is 1. The van der Waals surface area contributed by atoms with Crippen molar-refractivity contribution in [3.8, 4) is 0 Å². The number of imide groups is 1. The third kappa shape index (κ3) is 2.68. The number of benzene rings is 2. The number of rotatable bonds is 2. The van der Waals surface area contributed by atoms with Crippen LogP contribution in [0.3, 0.4) is 0 Å². The van der Waals surface area contributed by atoms with Crippen LogP contribution in [0, 0.1) is 0 Å². The van der Waals surface area contributed by atoms with Crippen molar-refractivity contribution in [2.75, 3.05) is 13.1 Å². The molecule has 0 aromatic heterocycles. The molecule has 0 saturated carbocycles. The minimum Gasteiger partial charge on any atom is -0.336 e. The fourth-order valence-electron chi connectivity index (χ4n) is 3.53. The topological polar surface area (TPSA) is 57.7 Å². The van der Waals surface area contributed by atoms with Gasteiger partial charge in [-0.3, -0.25) is 19.3 Å². The average Bonchev–Trinajstić information content (AvgIpc) is 3.19. The van der Waals surface area contributed by atoms with E-state index < -0.39 is 5.91 Å². The van der Waals surface area contributed by atoms with Crippen LogP contribution < -0.4 is 0 Å². The van der Waals surface area contributed by atoms with E-state index in [0.29, 0.717) is 35.7 Å². The largest absolute Gasteiger partial charge is 0.336 e. The Morgan fingerprint density at radius 2 is 1.81 bits per heavy atom. The molecule has 0 bridgehead atoms. The maximum absolute atomic E-state index is 12.7. The summed E-state index contributed by atoms with van der Waals surface area (Å²) in [6, 6.07) is 11.2. The number of amides is 3. The molecule has 4 rings (SSSR count). The summed E-state index contributed by atoms with van der Waals surface area (Å²) in [4.78, 5) is 40.9. The Kier molecular flexibility index (Phi) is 4.21. The summed E-state index contributed by atoms with van der Waals surface area (Å²) in [5, 5.41) is 0.759. The van der Waals surface area contributed by atoms with Gasteiger partial charge >= 0.3 is 0 Å². The van der Waals surface area contributed by atoms with Gasteiger partial charge in [0, 0.05) is 23.7 Å².